The van der Waals surface area contributed by atoms with E-state index in [1.54, 1.807) is 36.4 Å². The number of hydrogen-bond donors (Lipinski definition) is 0. The molecule has 0 saturated carbocycles. The maximum absolute atomic E-state index is 12.7. The smallest absolute Gasteiger partial charge is 0.340 e. The van der Waals surface area contributed by atoms with E-state index in [1.807, 2.05) is 0 Å². The zero-order chi connectivity index (χ0) is 17.7. The van der Waals surface area contributed by atoms with Crippen LogP contribution < -0.4 is 4.31 Å². The van der Waals surface area contributed by atoms with Gasteiger partial charge in [0.2, 0.25) is 0 Å². The van der Waals surface area contributed by atoms with Gasteiger partial charge in [0.25, 0.3) is 10.0 Å². The van der Waals surface area contributed by atoms with Crippen LogP contribution >= 0.6 is 11.6 Å². The van der Waals surface area contributed by atoms with E-state index < -0.39 is 22.6 Å². The van der Waals surface area contributed by atoms with Gasteiger partial charge in [-0.2, -0.15) is 5.26 Å². The Hall–Kier alpha value is -2.56. The zero-order valence-electron chi connectivity index (χ0n) is 12.6. The van der Waals surface area contributed by atoms with Crippen LogP contribution in [-0.4, -0.2) is 28.0 Å². The van der Waals surface area contributed by atoms with Crippen molar-refractivity contribution in [2.45, 2.75) is 4.90 Å². The van der Waals surface area contributed by atoms with Crippen molar-refractivity contribution >= 4 is 33.3 Å². The van der Waals surface area contributed by atoms with Crippen LogP contribution in [0.15, 0.2) is 53.4 Å². The molecule has 0 spiro atoms. The summed E-state index contributed by atoms with van der Waals surface area (Å²) >= 11 is 5.92. The fraction of sp³-hybridized carbons (Fsp3) is 0.125. The van der Waals surface area contributed by atoms with Gasteiger partial charge in [-0.05, 0) is 30.3 Å². The number of anilines is 1. The summed E-state index contributed by atoms with van der Waals surface area (Å²) in [5.74, 6) is -0.860. The monoisotopic (exact) mass is 364 g/mol. The molecule has 0 atom stereocenters. The normalized spacial score (nSPS) is 10.7. The molecule has 0 aromatic heterocycles. The highest BCUT2D eigenvalue weighted by Crippen LogP contribution is 2.26. The SMILES string of the molecule is CN(c1ccccc1)S(=O)(=O)c1ccc(Cl)c(C(=O)OCC#N)c1. The third-order valence-corrected chi connectivity index (χ3v) is 5.31. The molecule has 8 heteroatoms. The molecule has 0 bridgehead atoms. The van der Waals surface area contributed by atoms with Crippen LogP contribution in [0.25, 0.3) is 0 Å². The molecule has 0 N–H and O–H groups in total. The Labute approximate surface area is 144 Å². The van der Waals surface area contributed by atoms with Gasteiger partial charge in [0.1, 0.15) is 6.07 Å². The van der Waals surface area contributed by atoms with Crippen molar-refractivity contribution in [1.29, 1.82) is 5.26 Å². The molecule has 0 aliphatic carbocycles. The molecule has 2 aromatic carbocycles. The number of benzene rings is 2. The standard InChI is InChI=1S/C16H13ClN2O4S/c1-19(12-5-3-2-4-6-12)24(21,22)13-7-8-15(17)14(11-13)16(20)23-10-9-18/h2-8,11H,10H2,1H3. The first-order chi connectivity index (χ1) is 11.4. The number of nitrogens with zero attached hydrogens (tertiary/aromatic N) is 2. The molecule has 0 radical (unpaired) electrons. The summed E-state index contributed by atoms with van der Waals surface area (Å²) in [4.78, 5) is 11.8. The first kappa shape index (κ1) is 17.8. The number of ether oxygens (including phenoxy) is 1. The van der Waals surface area contributed by atoms with Crippen molar-refractivity contribution in [2.75, 3.05) is 18.0 Å². The van der Waals surface area contributed by atoms with Crippen LogP contribution in [0.1, 0.15) is 10.4 Å². The van der Waals surface area contributed by atoms with E-state index in [9.17, 15) is 13.2 Å². The second-order valence-corrected chi connectivity index (χ2v) is 7.06. The number of hydrogen-bond acceptors (Lipinski definition) is 5. The van der Waals surface area contributed by atoms with Crippen molar-refractivity contribution in [3.8, 4) is 6.07 Å². The number of rotatable bonds is 5. The van der Waals surface area contributed by atoms with Crippen LogP contribution in [0.3, 0.4) is 0 Å². The van der Waals surface area contributed by atoms with E-state index >= 15 is 0 Å². The first-order valence-electron chi connectivity index (χ1n) is 6.75. The summed E-state index contributed by atoms with van der Waals surface area (Å²) in [6.45, 7) is -0.448. The molecule has 0 amide bonds. The summed E-state index contributed by atoms with van der Waals surface area (Å²) in [5, 5.41) is 8.49. The molecule has 0 fully saturated rings. The summed E-state index contributed by atoms with van der Waals surface area (Å²) in [6, 6.07) is 13.9. The summed E-state index contributed by atoms with van der Waals surface area (Å²) in [7, 11) is -2.47. The van der Waals surface area contributed by atoms with Crippen LogP contribution in [0.2, 0.25) is 5.02 Å². The van der Waals surface area contributed by atoms with Gasteiger partial charge in [0, 0.05) is 7.05 Å². The Balaban J connectivity index is 2.41. The quantitative estimate of drug-likeness (QED) is 0.761. The molecule has 0 heterocycles. The molecule has 0 aliphatic rings. The van der Waals surface area contributed by atoms with Gasteiger partial charge in [-0.15, -0.1) is 0 Å². The average molecular weight is 365 g/mol. The zero-order valence-corrected chi connectivity index (χ0v) is 14.2. The second-order valence-electron chi connectivity index (χ2n) is 4.68. The van der Waals surface area contributed by atoms with E-state index in [2.05, 4.69) is 4.74 Å². The van der Waals surface area contributed by atoms with Gasteiger partial charge in [0.15, 0.2) is 6.61 Å². The van der Waals surface area contributed by atoms with Gasteiger partial charge in [-0.25, -0.2) is 13.2 Å². The van der Waals surface area contributed by atoms with E-state index in [4.69, 9.17) is 16.9 Å². The van der Waals surface area contributed by atoms with Crippen LogP contribution in [0.4, 0.5) is 5.69 Å². The minimum absolute atomic E-state index is 0.0410. The van der Waals surface area contributed by atoms with Gasteiger partial charge >= 0.3 is 5.97 Å². The molecule has 2 aromatic rings. The molecular weight excluding hydrogens is 352 g/mol. The molecule has 0 unspecified atom stereocenters. The molecule has 2 rings (SSSR count). The molecular formula is C16H13ClN2O4S. The van der Waals surface area contributed by atoms with Gasteiger partial charge < -0.3 is 4.74 Å². The maximum Gasteiger partial charge on any atom is 0.340 e. The second kappa shape index (κ2) is 7.34. The Kier molecular flexibility index (Phi) is 5.44. The van der Waals surface area contributed by atoms with Crippen molar-refractivity contribution in [3.05, 3.63) is 59.1 Å². The Morgan fingerprint density at radius 3 is 2.54 bits per heavy atom. The van der Waals surface area contributed by atoms with E-state index in [0.29, 0.717) is 5.69 Å². The molecule has 124 valence electrons. The van der Waals surface area contributed by atoms with E-state index in [0.717, 1.165) is 10.4 Å². The predicted octanol–water partition coefficient (Wildman–Crippen LogP) is 2.85. The summed E-state index contributed by atoms with van der Waals surface area (Å²) in [6.07, 6.45) is 0. The highest BCUT2D eigenvalue weighted by Gasteiger charge is 2.24. The van der Waals surface area contributed by atoms with Crippen molar-refractivity contribution in [3.63, 3.8) is 0 Å². The lowest BCUT2D eigenvalue weighted by molar-refractivity contribution is 0.0555. The fourth-order valence-corrected chi connectivity index (χ4v) is 3.35. The first-order valence-corrected chi connectivity index (χ1v) is 8.57. The number of carbonyl (C=O) groups is 1. The minimum atomic E-state index is -3.88. The number of para-hydroxylation sites is 1. The molecule has 0 saturated heterocycles. The van der Waals surface area contributed by atoms with Crippen molar-refractivity contribution in [1.82, 2.24) is 0 Å². The Bertz CT molecular complexity index is 892. The maximum atomic E-state index is 12.7. The predicted molar refractivity (Wildman–Crippen MR) is 89.4 cm³/mol. The number of halogens is 1. The molecule has 6 nitrogen and oxygen atoms in total. The fourth-order valence-electron chi connectivity index (χ4n) is 1.93. The summed E-state index contributed by atoms with van der Waals surface area (Å²) in [5.41, 5.74) is 0.357. The number of nitriles is 1. The number of carbonyl (C=O) groups excluding carboxylic acids is 1. The minimum Gasteiger partial charge on any atom is -0.447 e. The van der Waals surface area contributed by atoms with E-state index in [-0.39, 0.29) is 15.5 Å². The van der Waals surface area contributed by atoms with Crippen molar-refractivity contribution < 1.29 is 17.9 Å². The molecule has 0 aliphatic heterocycles. The highest BCUT2D eigenvalue weighted by molar-refractivity contribution is 7.92. The highest BCUT2D eigenvalue weighted by atomic mass is 35.5. The topological polar surface area (TPSA) is 87.5 Å². The van der Waals surface area contributed by atoms with Crippen LogP contribution in [0, 0.1) is 11.3 Å². The van der Waals surface area contributed by atoms with Gasteiger partial charge in [0.05, 0.1) is 21.2 Å². The third-order valence-electron chi connectivity index (χ3n) is 3.20. The van der Waals surface area contributed by atoms with Crippen LogP contribution in [0.5, 0.6) is 0 Å². The summed E-state index contributed by atoms with van der Waals surface area (Å²) < 4.78 is 31.2. The lowest BCUT2D eigenvalue weighted by atomic mass is 10.2. The third kappa shape index (κ3) is 3.67. The largest absolute Gasteiger partial charge is 0.447 e. The van der Waals surface area contributed by atoms with Gasteiger partial charge in [-0.3, -0.25) is 4.31 Å². The van der Waals surface area contributed by atoms with Crippen molar-refractivity contribution in [2.24, 2.45) is 0 Å². The van der Waals surface area contributed by atoms with Gasteiger partial charge in [-0.1, -0.05) is 29.8 Å². The average Bonchev–Trinajstić information content (AvgIpc) is 2.59. The number of esters is 1. The Morgan fingerprint density at radius 1 is 1.25 bits per heavy atom. The van der Waals surface area contributed by atoms with Crippen LogP contribution in [-0.2, 0) is 14.8 Å². The Morgan fingerprint density at radius 2 is 1.92 bits per heavy atom. The lowest BCUT2D eigenvalue weighted by Gasteiger charge is -2.19. The lowest BCUT2D eigenvalue weighted by Crippen LogP contribution is -2.26. The number of sulfonamides is 1. The van der Waals surface area contributed by atoms with E-state index in [1.165, 1.54) is 19.2 Å². The molecule has 24 heavy (non-hydrogen) atoms.